The number of hydrogen-bond acceptors (Lipinski definition) is 11. The highest BCUT2D eigenvalue weighted by Crippen LogP contribution is 2.26. The van der Waals surface area contributed by atoms with Gasteiger partial charge in [-0.2, -0.15) is 0 Å². The van der Waals surface area contributed by atoms with Crippen LogP contribution >= 0.6 is 0 Å². The largest absolute Gasteiger partial charge is 0.394 e. The predicted molar refractivity (Wildman–Crippen MR) is 228 cm³/mol. The van der Waals surface area contributed by atoms with Gasteiger partial charge in [0.2, 0.25) is 0 Å². The first kappa shape index (κ1) is 51.9. The van der Waals surface area contributed by atoms with E-state index >= 15 is 0 Å². The Balaban J connectivity index is 1.91. The fourth-order valence-electron chi connectivity index (χ4n) is 7.97. The van der Waals surface area contributed by atoms with Gasteiger partial charge in [0, 0.05) is 6.20 Å². The maximum Gasteiger partial charge on any atom is 0.186 e. The normalized spacial score (nSPS) is 21.7. The number of nitrogens with zero attached hydrogens (tertiary/aromatic N) is 4. The molecule has 1 aromatic heterocycles. The van der Waals surface area contributed by atoms with Gasteiger partial charge in [-0.15, -0.1) is 5.10 Å². The van der Waals surface area contributed by atoms with Gasteiger partial charge < -0.3 is 45.0 Å². The van der Waals surface area contributed by atoms with Gasteiger partial charge in [0.1, 0.15) is 36.6 Å². The number of aromatic nitrogens is 3. The fraction of sp³-hybridized carbons (Fsp3) is 0.956. The summed E-state index contributed by atoms with van der Waals surface area (Å²) in [6, 6.07) is -0.853. The summed E-state index contributed by atoms with van der Waals surface area (Å²) in [5.41, 5.74) is 0.791. The second-order valence-electron chi connectivity index (χ2n) is 17.0. The quantitative estimate of drug-likeness (QED) is 0.0367. The van der Waals surface area contributed by atoms with Crippen molar-refractivity contribution < 1.29 is 40.1 Å². The van der Waals surface area contributed by atoms with Gasteiger partial charge >= 0.3 is 0 Å². The monoisotopic (exact) mass is 813 g/mol. The third kappa shape index (κ3) is 22.3. The van der Waals surface area contributed by atoms with E-state index < -0.39 is 55.6 Å². The maximum atomic E-state index is 11.5. The van der Waals surface area contributed by atoms with Gasteiger partial charge in [-0.25, -0.2) is 4.68 Å². The molecule has 0 aromatic carbocycles. The van der Waals surface area contributed by atoms with Crippen molar-refractivity contribution in [2.75, 3.05) is 32.8 Å². The molecule has 0 amide bonds. The molecule has 2 heterocycles. The van der Waals surface area contributed by atoms with Gasteiger partial charge in [0.25, 0.3) is 0 Å². The number of ether oxygens (including phenoxy) is 2. The molecule has 5 unspecified atom stereocenters. The molecule has 6 N–H and O–H groups in total. The number of rotatable bonds is 38. The van der Waals surface area contributed by atoms with Crippen LogP contribution in [0.15, 0.2) is 6.20 Å². The van der Waals surface area contributed by atoms with E-state index in [1.807, 2.05) is 0 Å². The molecule has 1 fully saturated rings. The van der Waals surface area contributed by atoms with Gasteiger partial charge in [-0.1, -0.05) is 161 Å². The van der Waals surface area contributed by atoms with Crippen LogP contribution in [0.4, 0.5) is 0 Å². The zero-order valence-electron chi connectivity index (χ0n) is 36.6. The third-order valence-electron chi connectivity index (χ3n) is 11.9. The Labute approximate surface area is 347 Å². The molecule has 12 nitrogen and oxygen atoms in total. The SMILES string of the molecule is CCCCCCCCCCCCCC[C@@H](O)[C@@H](O)[C@H](COC1OC(CO)C(O)C(O)C1O)n1cc(CCCCCN(CCCCCCC)CCCCCCC)nn1. The van der Waals surface area contributed by atoms with Gasteiger partial charge in [-0.3, -0.25) is 0 Å². The van der Waals surface area contributed by atoms with E-state index in [1.54, 1.807) is 6.20 Å². The highest BCUT2D eigenvalue weighted by molar-refractivity contribution is 4.96. The lowest BCUT2D eigenvalue weighted by Gasteiger charge is -2.40. The Morgan fingerprint density at radius 3 is 1.63 bits per heavy atom. The number of aryl methyl sites for hydroxylation is 1. The van der Waals surface area contributed by atoms with E-state index in [-0.39, 0.29) is 6.61 Å². The molecule has 2 rings (SSSR count). The zero-order valence-corrected chi connectivity index (χ0v) is 36.6. The summed E-state index contributed by atoms with van der Waals surface area (Å²) in [4.78, 5) is 2.66. The van der Waals surface area contributed by atoms with Crippen LogP contribution in [0.3, 0.4) is 0 Å². The lowest BCUT2D eigenvalue weighted by molar-refractivity contribution is -0.304. The van der Waals surface area contributed by atoms with E-state index in [2.05, 4.69) is 36.0 Å². The first-order chi connectivity index (χ1) is 27.8. The smallest absolute Gasteiger partial charge is 0.186 e. The van der Waals surface area contributed by atoms with Crippen molar-refractivity contribution in [1.82, 2.24) is 19.9 Å². The third-order valence-corrected chi connectivity index (χ3v) is 11.9. The summed E-state index contributed by atoms with van der Waals surface area (Å²) in [5.74, 6) is 0. The molecule has 0 spiro atoms. The fourth-order valence-corrected chi connectivity index (χ4v) is 7.97. The average molecular weight is 813 g/mol. The summed E-state index contributed by atoms with van der Waals surface area (Å²) in [6.45, 7) is 9.48. The van der Waals surface area contributed by atoms with Crippen LogP contribution in [-0.4, -0.2) is 126 Å². The van der Waals surface area contributed by atoms with Crippen molar-refractivity contribution in [2.45, 2.75) is 243 Å². The lowest BCUT2D eigenvalue weighted by Crippen LogP contribution is -2.59. The van der Waals surface area contributed by atoms with E-state index in [0.29, 0.717) is 6.42 Å². The Kier molecular flexibility index (Phi) is 30.5. The summed E-state index contributed by atoms with van der Waals surface area (Å²) in [5, 5.41) is 72.0. The van der Waals surface area contributed by atoms with E-state index in [4.69, 9.17) is 9.47 Å². The first-order valence-corrected chi connectivity index (χ1v) is 23.7. The first-order valence-electron chi connectivity index (χ1n) is 23.7. The van der Waals surface area contributed by atoms with Gasteiger partial charge in [-0.05, 0) is 58.2 Å². The molecule has 336 valence electrons. The summed E-state index contributed by atoms with van der Waals surface area (Å²) in [7, 11) is 0. The van der Waals surface area contributed by atoms with Gasteiger partial charge in [0.15, 0.2) is 6.29 Å². The topological polar surface area (TPSA) is 174 Å². The second kappa shape index (κ2) is 33.5. The molecular weight excluding hydrogens is 725 g/mol. The minimum atomic E-state index is -1.58. The van der Waals surface area contributed by atoms with Crippen LogP contribution in [0.25, 0.3) is 0 Å². The molecule has 1 saturated heterocycles. The molecule has 0 bridgehead atoms. The van der Waals surface area contributed by atoms with E-state index in [1.165, 1.54) is 140 Å². The summed E-state index contributed by atoms with van der Waals surface area (Å²) in [6.07, 6.45) is 24.3. The van der Waals surface area contributed by atoms with Crippen LogP contribution in [-0.2, 0) is 15.9 Å². The van der Waals surface area contributed by atoms with Crippen molar-refractivity contribution >= 4 is 0 Å². The number of aliphatic hydroxyl groups is 6. The molecule has 1 aliphatic rings. The summed E-state index contributed by atoms with van der Waals surface area (Å²) >= 11 is 0. The predicted octanol–water partition coefficient (Wildman–Crippen LogP) is 7.40. The van der Waals surface area contributed by atoms with Crippen molar-refractivity contribution in [3.05, 3.63) is 11.9 Å². The van der Waals surface area contributed by atoms with Crippen molar-refractivity contribution in [2.24, 2.45) is 0 Å². The number of unbranched alkanes of at least 4 members (excludes halogenated alkanes) is 21. The zero-order chi connectivity index (χ0) is 41.5. The molecule has 0 aliphatic carbocycles. The van der Waals surface area contributed by atoms with Crippen LogP contribution in [0.1, 0.15) is 199 Å². The highest BCUT2D eigenvalue weighted by Gasteiger charge is 2.44. The molecule has 1 aliphatic heterocycles. The Hall–Kier alpha value is -1.22. The lowest BCUT2D eigenvalue weighted by atomic mass is 9.98. The van der Waals surface area contributed by atoms with E-state index in [0.717, 1.165) is 57.2 Å². The second-order valence-corrected chi connectivity index (χ2v) is 17.0. The van der Waals surface area contributed by atoms with Crippen LogP contribution < -0.4 is 0 Å². The highest BCUT2D eigenvalue weighted by atomic mass is 16.7. The number of aliphatic hydroxyl groups excluding tert-OH is 6. The standard InChI is InChI=1S/C45H88N4O8/c1-4-7-10-13-14-15-16-17-18-19-20-25-30-39(51)41(52)38(36-56-45-44(55)43(54)42(53)40(35-50)57-45)49-34-37(46-47-49)29-24-23-28-33-48(31-26-21-11-8-5-2)32-27-22-12-9-6-3/h34,38-45,50-55H,4-33,35-36H2,1-3H3/t38-,39+,40?,41-,42?,43?,44?,45?/m0/s1. The molecular formula is C45H88N4O8. The minimum Gasteiger partial charge on any atom is -0.394 e. The molecule has 1 aromatic rings. The van der Waals surface area contributed by atoms with E-state index in [9.17, 15) is 30.6 Å². The van der Waals surface area contributed by atoms with Crippen molar-refractivity contribution in [3.8, 4) is 0 Å². The van der Waals surface area contributed by atoms with Crippen molar-refractivity contribution in [1.29, 1.82) is 0 Å². The molecule has 57 heavy (non-hydrogen) atoms. The van der Waals surface area contributed by atoms with Crippen LogP contribution in [0.5, 0.6) is 0 Å². The average Bonchev–Trinajstić information content (AvgIpc) is 3.68. The Morgan fingerprint density at radius 1 is 0.649 bits per heavy atom. The van der Waals surface area contributed by atoms with Crippen LogP contribution in [0, 0.1) is 0 Å². The van der Waals surface area contributed by atoms with Crippen molar-refractivity contribution in [3.63, 3.8) is 0 Å². The molecule has 0 saturated carbocycles. The Morgan fingerprint density at radius 2 is 1.12 bits per heavy atom. The Bertz CT molecular complexity index is 1040. The summed E-state index contributed by atoms with van der Waals surface area (Å²) < 4.78 is 12.9. The number of hydrogen-bond donors (Lipinski definition) is 6. The molecule has 0 radical (unpaired) electrons. The molecule has 8 atom stereocenters. The van der Waals surface area contributed by atoms with Crippen LogP contribution in [0.2, 0.25) is 0 Å². The minimum absolute atomic E-state index is 0.213. The van der Waals surface area contributed by atoms with Gasteiger partial charge in [0.05, 0.1) is 25.0 Å². The maximum absolute atomic E-state index is 11.5. The molecule has 12 heteroatoms.